The Labute approximate surface area is 88.7 Å². The lowest BCUT2D eigenvalue weighted by Crippen LogP contribution is -2.33. The number of carbonyl (C=O) groups excluding carboxylic acids is 1. The van der Waals surface area contributed by atoms with Crippen molar-refractivity contribution in [3.8, 4) is 0 Å². The first kappa shape index (κ1) is 11.7. The number of rotatable bonds is 4. The average molecular weight is 210 g/mol. The number of amides is 1. The van der Waals surface area contributed by atoms with Crippen LogP contribution in [0.1, 0.15) is 18.5 Å². The quantitative estimate of drug-likeness (QED) is 0.784. The molecule has 0 fully saturated rings. The Morgan fingerprint density at radius 1 is 1.40 bits per heavy atom. The van der Waals surface area contributed by atoms with Crippen LogP contribution in [0.5, 0.6) is 0 Å². The van der Waals surface area contributed by atoms with E-state index >= 15 is 0 Å². The summed E-state index contributed by atoms with van der Waals surface area (Å²) in [6, 6.07) is 6.00. The van der Waals surface area contributed by atoms with Crippen molar-refractivity contribution in [2.45, 2.75) is 13.0 Å². The summed E-state index contributed by atoms with van der Waals surface area (Å²) in [6.45, 7) is 2.15. The van der Waals surface area contributed by atoms with Crippen LogP contribution >= 0.6 is 0 Å². The van der Waals surface area contributed by atoms with E-state index in [4.69, 9.17) is 0 Å². The van der Waals surface area contributed by atoms with Gasteiger partial charge in [-0.2, -0.15) is 0 Å². The van der Waals surface area contributed by atoms with Gasteiger partial charge in [-0.15, -0.1) is 0 Å². The molecule has 15 heavy (non-hydrogen) atoms. The highest BCUT2D eigenvalue weighted by molar-refractivity contribution is 5.78. The summed E-state index contributed by atoms with van der Waals surface area (Å²) in [5, 5.41) is 5.55. The van der Waals surface area contributed by atoms with Crippen LogP contribution in [0.3, 0.4) is 0 Å². The van der Waals surface area contributed by atoms with Crippen molar-refractivity contribution >= 4 is 5.91 Å². The molecule has 1 rings (SSSR count). The Balaban J connectivity index is 2.57. The largest absolute Gasteiger partial charge is 0.348 e. The predicted molar refractivity (Wildman–Crippen MR) is 56.9 cm³/mol. The van der Waals surface area contributed by atoms with Crippen molar-refractivity contribution < 1.29 is 9.18 Å². The second-order valence-electron chi connectivity index (χ2n) is 3.37. The lowest BCUT2D eigenvalue weighted by atomic mass is 10.1. The number of benzene rings is 1. The van der Waals surface area contributed by atoms with E-state index in [0.29, 0.717) is 0 Å². The molecule has 82 valence electrons. The van der Waals surface area contributed by atoms with Gasteiger partial charge in [0.25, 0.3) is 0 Å². The minimum absolute atomic E-state index is 0.0747. The molecule has 1 aromatic rings. The van der Waals surface area contributed by atoms with E-state index in [1.54, 1.807) is 19.2 Å². The van der Waals surface area contributed by atoms with Gasteiger partial charge in [0.05, 0.1) is 12.6 Å². The van der Waals surface area contributed by atoms with Crippen LogP contribution in [-0.4, -0.2) is 19.5 Å². The molecule has 0 aromatic heterocycles. The number of halogens is 1. The molecular weight excluding hydrogens is 195 g/mol. The number of hydrogen-bond donors (Lipinski definition) is 2. The van der Waals surface area contributed by atoms with Gasteiger partial charge in [0.15, 0.2) is 0 Å². The summed E-state index contributed by atoms with van der Waals surface area (Å²) in [7, 11) is 1.71. The smallest absolute Gasteiger partial charge is 0.234 e. The maximum absolute atomic E-state index is 12.6. The molecule has 0 bridgehead atoms. The first-order valence-electron chi connectivity index (χ1n) is 4.83. The third-order valence-electron chi connectivity index (χ3n) is 2.08. The Bertz CT molecular complexity index is 324. The molecule has 2 N–H and O–H groups in total. The van der Waals surface area contributed by atoms with Crippen LogP contribution in [0, 0.1) is 5.82 Å². The van der Waals surface area contributed by atoms with E-state index in [9.17, 15) is 9.18 Å². The molecular formula is C11H15FN2O. The van der Waals surface area contributed by atoms with Gasteiger partial charge in [0.1, 0.15) is 5.82 Å². The molecule has 0 unspecified atom stereocenters. The molecule has 0 spiro atoms. The zero-order valence-corrected chi connectivity index (χ0v) is 8.88. The first-order valence-corrected chi connectivity index (χ1v) is 4.83. The van der Waals surface area contributed by atoms with Crippen molar-refractivity contribution in [2.24, 2.45) is 0 Å². The predicted octanol–water partition coefficient (Wildman–Crippen LogP) is 1.22. The average Bonchev–Trinajstić information content (AvgIpc) is 2.18. The Morgan fingerprint density at radius 2 is 2.00 bits per heavy atom. The molecule has 0 aliphatic rings. The van der Waals surface area contributed by atoms with Crippen molar-refractivity contribution in [1.82, 2.24) is 10.6 Å². The third kappa shape index (κ3) is 3.67. The molecule has 1 aromatic carbocycles. The summed E-state index contributed by atoms with van der Waals surface area (Å²) < 4.78 is 12.6. The van der Waals surface area contributed by atoms with E-state index < -0.39 is 0 Å². The number of carbonyl (C=O) groups is 1. The Hall–Kier alpha value is -1.42. The van der Waals surface area contributed by atoms with E-state index in [0.717, 1.165) is 5.56 Å². The third-order valence-corrected chi connectivity index (χ3v) is 2.08. The summed E-state index contributed by atoms with van der Waals surface area (Å²) in [5.41, 5.74) is 0.890. The lowest BCUT2D eigenvalue weighted by Gasteiger charge is -2.13. The van der Waals surface area contributed by atoms with E-state index in [1.165, 1.54) is 12.1 Å². The van der Waals surface area contributed by atoms with Crippen molar-refractivity contribution in [3.05, 3.63) is 35.6 Å². The van der Waals surface area contributed by atoms with E-state index in [1.807, 2.05) is 6.92 Å². The highest BCUT2D eigenvalue weighted by Crippen LogP contribution is 2.12. The fourth-order valence-electron chi connectivity index (χ4n) is 1.29. The van der Waals surface area contributed by atoms with Crippen LogP contribution in [0.15, 0.2) is 24.3 Å². The fraction of sp³-hybridized carbons (Fsp3) is 0.364. The van der Waals surface area contributed by atoms with Gasteiger partial charge in [0.2, 0.25) is 5.91 Å². The Morgan fingerprint density at radius 3 is 2.53 bits per heavy atom. The maximum Gasteiger partial charge on any atom is 0.234 e. The van der Waals surface area contributed by atoms with Crippen LogP contribution in [0.2, 0.25) is 0 Å². The molecule has 0 heterocycles. The highest BCUT2D eigenvalue weighted by atomic mass is 19.1. The highest BCUT2D eigenvalue weighted by Gasteiger charge is 2.08. The normalized spacial score (nSPS) is 12.2. The molecule has 4 heteroatoms. The summed E-state index contributed by atoms with van der Waals surface area (Å²) >= 11 is 0. The van der Waals surface area contributed by atoms with Gasteiger partial charge in [-0.25, -0.2) is 4.39 Å². The van der Waals surface area contributed by atoms with Crippen molar-refractivity contribution in [1.29, 1.82) is 0 Å². The minimum atomic E-state index is -0.271. The Kier molecular flexibility index (Phi) is 4.24. The summed E-state index contributed by atoms with van der Waals surface area (Å²) in [4.78, 5) is 11.2. The lowest BCUT2D eigenvalue weighted by molar-refractivity contribution is -0.120. The molecule has 0 saturated heterocycles. The van der Waals surface area contributed by atoms with Crippen LogP contribution in [0.4, 0.5) is 4.39 Å². The molecule has 0 saturated carbocycles. The van der Waals surface area contributed by atoms with E-state index in [2.05, 4.69) is 10.6 Å². The molecule has 0 aliphatic heterocycles. The van der Waals surface area contributed by atoms with Crippen LogP contribution in [0.25, 0.3) is 0 Å². The second kappa shape index (κ2) is 5.46. The van der Waals surface area contributed by atoms with Gasteiger partial charge in [-0.05, 0) is 31.7 Å². The van der Waals surface area contributed by atoms with Crippen molar-refractivity contribution in [2.75, 3.05) is 13.6 Å². The van der Waals surface area contributed by atoms with Crippen LogP contribution in [-0.2, 0) is 4.79 Å². The second-order valence-corrected chi connectivity index (χ2v) is 3.37. The fourth-order valence-corrected chi connectivity index (χ4v) is 1.29. The SMILES string of the molecule is CNCC(=O)N[C@@H](C)c1ccc(F)cc1. The first-order chi connectivity index (χ1) is 7.13. The van der Waals surface area contributed by atoms with Gasteiger partial charge in [0, 0.05) is 0 Å². The molecule has 3 nitrogen and oxygen atoms in total. The summed E-state index contributed by atoms with van der Waals surface area (Å²) in [6.07, 6.45) is 0. The minimum Gasteiger partial charge on any atom is -0.348 e. The zero-order valence-electron chi connectivity index (χ0n) is 8.88. The van der Waals surface area contributed by atoms with Gasteiger partial charge in [-0.1, -0.05) is 12.1 Å². The number of hydrogen-bond acceptors (Lipinski definition) is 2. The number of nitrogens with one attached hydrogen (secondary N) is 2. The van der Waals surface area contributed by atoms with Gasteiger partial charge >= 0.3 is 0 Å². The summed E-state index contributed by atoms with van der Waals surface area (Å²) in [5.74, 6) is -0.346. The van der Waals surface area contributed by atoms with Gasteiger partial charge < -0.3 is 10.6 Å². The van der Waals surface area contributed by atoms with Crippen LogP contribution < -0.4 is 10.6 Å². The molecule has 1 amide bonds. The monoisotopic (exact) mass is 210 g/mol. The van der Waals surface area contributed by atoms with Crippen molar-refractivity contribution in [3.63, 3.8) is 0 Å². The zero-order chi connectivity index (χ0) is 11.3. The van der Waals surface area contributed by atoms with Gasteiger partial charge in [-0.3, -0.25) is 4.79 Å². The standard InChI is InChI=1S/C11H15FN2O/c1-8(14-11(15)7-13-2)9-3-5-10(12)6-4-9/h3-6,8,13H,7H2,1-2H3,(H,14,15)/t8-/m0/s1. The molecule has 1 atom stereocenters. The molecule has 0 radical (unpaired) electrons. The molecule has 0 aliphatic carbocycles. The maximum atomic E-state index is 12.6. The topological polar surface area (TPSA) is 41.1 Å². The van der Waals surface area contributed by atoms with E-state index in [-0.39, 0.29) is 24.3 Å². The number of likely N-dealkylation sites (N-methyl/N-ethyl adjacent to an activating group) is 1.